The number of aryl methyl sites for hydroxylation is 1. The molecule has 0 saturated carbocycles. The number of esters is 1. The van der Waals surface area contributed by atoms with Crippen LogP contribution < -0.4 is 11.1 Å². The Morgan fingerprint density at radius 2 is 1.81 bits per heavy atom. The molecule has 2 amide bonds. The highest BCUT2D eigenvalue weighted by Gasteiger charge is 2.55. The summed E-state index contributed by atoms with van der Waals surface area (Å²) in [6.45, 7) is 1.91. The number of nitrogen functional groups attached to an aromatic ring is 1. The van der Waals surface area contributed by atoms with Crippen LogP contribution in [-0.4, -0.2) is 67.0 Å². The molecule has 2 unspecified atom stereocenters. The zero-order chi connectivity index (χ0) is 33.6. The Hall–Kier alpha value is -4.99. The Kier molecular flexibility index (Phi) is 10.2. The maximum absolute atomic E-state index is 14.2. The predicted octanol–water partition coefficient (Wildman–Crippen LogP) is 4.52. The van der Waals surface area contributed by atoms with Gasteiger partial charge in [0.1, 0.15) is 24.2 Å². The van der Waals surface area contributed by atoms with Crippen LogP contribution in [0.5, 0.6) is 0 Å². The number of benzene rings is 2. The number of amides is 2. The van der Waals surface area contributed by atoms with E-state index in [1.807, 2.05) is 91.2 Å². The van der Waals surface area contributed by atoms with Gasteiger partial charge in [0, 0.05) is 34.1 Å². The molecule has 0 radical (unpaired) electrons. The van der Waals surface area contributed by atoms with Crippen molar-refractivity contribution in [2.24, 2.45) is 5.16 Å². The number of β-lactam (4-membered cyclic amide) rings is 1. The number of pyridine rings is 1. The minimum absolute atomic E-state index is 0.0249. The molecule has 2 aliphatic heterocycles. The molecule has 1 fully saturated rings. The van der Waals surface area contributed by atoms with E-state index in [0.29, 0.717) is 10.7 Å². The predicted molar refractivity (Wildman–Crippen MR) is 186 cm³/mol. The first-order valence-corrected chi connectivity index (χ1v) is 17.3. The molecule has 0 bridgehead atoms. The topological polar surface area (TPSA) is 162 Å². The first-order valence-electron chi connectivity index (χ1n) is 14.6. The standard InChI is InChI=1S/C33H29N7O5S3/c1-19-13-14-20(17-35-19)15-16-46-23-18-47-31-25(36-29(41)24(38-44-2)28-37-33(34)48-39-28)30(42)40(31)26(23)32(43)45-27(21-9-5-3-6-10-21)22-11-7-4-8-12-22/h3-17,25,27,31H,18H2,1-2H3,(H,36,41)(H2,34,37,39)/b16-15-,38-24+. The number of anilines is 1. The van der Waals surface area contributed by atoms with E-state index in [1.165, 1.54) is 35.5 Å². The van der Waals surface area contributed by atoms with E-state index in [1.54, 1.807) is 6.20 Å². The van der Waals surface area contributed by atoms with E-state index >= 15 is 0 Å². The molecule has 12 nitrogen and oxygen atoms in total. The number of hydrogen-bond acceptors (Lipinski definition) is 13. The molecule has 0 aliphatic carbocycles. The molecule has 2 aliphatic rings. The van der Waals surface area contributed by atoms with Crippen molar-refractivity contribution < 1.29 is 24.0 Å². The summed E-state index contributed by atoms with van der Waals surface area (Å²) in [6, 6.07) is 21.7. The summed E-state index contributed by atoms with van der Waals surface area (Å²) >= 11 is 3.64. The van der Waals surface area contributed by atoms with Gasteiger partial charge in [-0.2, -0.15) is 9.36 Å². The Labute approximate surface area is 288 Å². The molecule has 15 heteroatoms. The lowest BCUT2D eigenvalue weighted by Gasteiger charge is -2.49. The lowest BCUT2D eigenvalue weighted by Crippen LogP contribution is -2.71. The summed E-state index contributed by atoms with van der Waals surface area (Å²) in [5.41, 5.74) is 8.94. The number of nitrogens with one attached hydrogen (secondary N) is 1. The van der Waals surface area contributed by atoms with E-state index in [9.17, 15) is 14.4 Å². The molecule has 2 atom stereocenters. The van der Waals surface area contributed by atoms with Crippen molar-refractivity contribution in [1.29, 1.82) is 0 Å². The SMILES string of the molecule is CO/N=C(/C(=O)NC1C(=O)N2C(C(=O)OC(c3ccccc3)c3ccccc3)=C(S/C=C\c3ccc(C)nc3)CSC12)c1nsc(N)n1. The largest absolute Gasteiger partial charge is 0.448 e. The molecule has 244 valence electrons. The van der Waals surface area contributed by atoms with Crippen LogP contribution in [0, 0.1) is 6.92 Å². The van der Waals surface area contributed by atoms with Crippen molar-refractivity contribution in [3.05, 3.63) is 123 Å². The third-order valence-electron chi connectivity index (χ3n) is 7.30. The van der Waals surface area contributed by atoms with Gasteiger partial charge in [0.25, 0.3) is 11.8 Å². The second kappa shape index (κ2) is 14.8. The molecular formula is C33H29N7O5S3. The summed E-state index contributed by atoms with van der Waals surface area (Å²) in [5, 5.41) is 7.89. The van der Waals surface area contributed by atoms with E-state index in [0.717, 1.165) is 33.9 Å². The average molecular weight is 700 g/mol. The lowest BCUT2D eigenvalue weighted by molar-refractivity contribution is -0.154. The molecule has 4 heterocycles. The Balaban J connectivity index is 1.29. The maximum Gasteiger partial charge on any atom is 0.356 e. The number of aromatic nitrogens is 3. The highest BCUT2D eigenvalue weighted by Crippen LogP contribution is 2.45. The van der Waals surface area contributed by atoms with Gasteiger partial charge in [0.15, 0.2) is 11.2 Å². The number of carbonyl (C=O) groups excluding carboxylic acids is 3. The van der Waals surface area contributed by atoms with Gasteiger partial charge in [-0.15, -0.1) is 11.8 Å². The van der Waals surface area contributed by atoms with Crippen molar-refractivity contribution in [1.82, 2.24) is 24.6 Å². The monoisotopic (exact) mass is 699 g/mol. The van der Waals surface area contributed by atoms with E-state index in [4.69, 9.17) is 15.3 Å². The molecule has 3 N–H and O–H groups in total. The van der Waals surface area contributed by atoms with Crippen molar-refractivity contribution in [3.63, 3.8) is 0 Å². The van der Waals surface area contributed by atoms with E-state index in [-0.39, 0.29) is 22.4 Å². The molecule has 2 aromatic heterocycles. The van der Waals surface area contributed by atoms with E-state index < -0.39 is 35.3 Å². The van der Waals surface area contributed by atoms with Crippen LogP contribution in [0.4, 0.5) is 5.13 Å². The first-order chi connectivity index (χ1) is 23.3. The summed E-state index contributed by atoms with van der Waals surface area (Å²) in [5.74, 6) is -1.49. The highest BCUT2D eigenvalue weighted by atomic mass is 32.2. The van der Waals surface area contributed by atoms with Crippen LogP contribution in [0.15, 0.2) is 100 Å². The number of fused-ring (bicyclic) bond motifs is 1. The van der Waals surface area contributed by atoms with Gasteiger partial charge in [-0.3, -0.25) is 19.5 Å². The quantitative estimate of drug-likeness (QED) is 0.0980. The van der Waals surface area contributed by atoms with Gasteiger partial charge < -0.3 is 20.6 Å². The summed E-state index contributed by atoms with van der Waals surface area (Å²) in [6.07, 6.45) is 2.92. The van der Waals surface area contributed by atoms with Crippen molar-refractivity contribution in [2.75, 3.05) is 18.6 Å². The summed E-state index contributed by atoms with van der Waals surface area (Å²) < 4.78 is 10.3. The zero-order valence-electron chi connectivity index (χ0n) is 25.7. The van der Waals surface area contributed by atoms with Gasteiger partial charge in [0.05, 0.1) is 0 Å². The second-order valence-electron chi connectivity index (χ2n) is 10.5. The van der Waals surface area contributed by atoms with Crippen molar-refractivity contribution >= 4 is 69.8 Å². The minimum atomic E-state index is -0.955. The number of thioether (sulfide) groups is 2. The molecule has 1 saturated heterocycles. The molecule has 2 aromatic carbocycles. The number of nitrogens with two attached hydrogens (primary N) is 1. The molecule has 6 rings (SSSR count). The number of nitrogens with zero attached hydrogens (tertiary/aromatic N) is 5. The van der Waals surface area contributed by atoms with Crippen molar-refractivity contribution in [2.45, 2.75) is 24.4 Å². The Bertz CT molecular complexity index is 1860. The number of carbonyl (C=O) groups is 3. The normalized spacial score (nSPS) is 17.7. The van der Waals surface area contributed by atoms with Crippen molar-refractivity contribution in [3.8, 4) is 0 Å². The third kappa shape index (κ3) is 7.12. The number of rotatable bonds is 11. The number of hydrogen-bond donors (Lipinski definition) is 2. The van der Waals surface area contributed by atoms with Crippen LogP contribution >= 0.6 is 35.1 Å². The van der Waals surface area contributed by atoms with Gasteiger partial charge >= 0.3 is 5.97 Å². The fourth-order valence-electron chi connectivity index (χ4n) is 5.01. The van der Waals surface area contributed by atoms with Gasteiger partial charge in [0.2, 0.25) is 11.5 Å². The van der Waals surface area contributed by atoms with Crippen LogP contribution in [-0.2, 0) is 24.0 Å². The second-order valence-corrected chi connectivity index (χ2v) is 13.4. The number of ether oxygens (including phenoxy) is 1. The fraction of sp³-hybridized carbons (Fsp3) is 0.182. The first kappa shape index (κ1) is 32.9. The molecule has 4 aromatic rings. The van der Waals surface area contributed by atoms with Gasteiger partial charge in [-0.1, -0.05) is 83.6 Å². The van der Waals surface area contributed by atoms with Gasteiger partial charge in [-0.05, 0) is 41.2 Å². The van der Waals surface area contributed by atoms with Crippen LogP contribution in [0.25, 0.3) is 6.08 Å². The average Bonchev–Trinajstić information content (AvgIpc) is 3.55. The number of oxime groups is 1. The zero-order valence-corrected chi connectivity index (χ0v) is 28.1. The summed E-state index contributed by atoms with van der Waals surface area (Å²) in [4.78, 5) is 56.4. The van der Waals surface area contributed by atoms with Crippen LogP contribution in [0.2, 0.25) is 0 Å². The molecule has 0 spiro atoms. The third-order valence-corrected chi connectivity index (χ3v) is 10.2. The molecular weight excluding hydrogens is 671 g/mol. The maximum atomic E-state index is 14.2. The van der Waals surface area contributed by atoms with Crippen LogP contribution in [0.3, 0.4) is 0 Å². The Morgan fingerprint density at radius 3 is 2.42 bits per heavy atom. The summed E-state index contributed by atoms with van der Waals surface area (Å²) in [7, 11) is 1.28. The smallest absolute Gasteiger partial charge is 0.356 e. The molecule has 48 heavy (non-hydrogen) atoms. The van der Waals surface area contributed by atoms with E-state index in [2.05, 4.69) is 24.8 Å². The van der Waals surface area contributed by atoms with Crippen LogP contribution in [0.1, 0.15) is 34.3 Å². The fourth-order valence-corrected chi connectivity index (χ4v) is 7.79. The van der Waals surface area contributed by atoms with Gasteiger partial charge in [-0.25, -0.2) is 4.79 Å². The lowest BCUT2D eigenvalue weighted by atomic mass is 10.0. The highest BCUT2D eigenvalue weighted by molar-refractivity contribution is 8.08. The Morgan fingerprint density at radius 1 is 1.10 bits per heavy atom. The minimum Gasteiger partial charge on any atom is -0.448 e.